The van der Waals surface area contributed by atoms with Crippen molar-refractivity contribution in [2.24, 2.45) is 0 Å². The highest BCUT2D eigenvalue weighted by Gasteiger charge is 2.31. The van der Waals surface area contributed by atoms with Crippen molar-refractivity contribution in [3.05, 3.63) is 52.7 Å². The van der Waals surface area contributed by atoms with Gasteiger partial charge < -0.3 is 20.2 Å². The summed E-state index contributed by atoms with van der Waals surface area (Å²) >= 11 is 0. The first-order valence-electron chi connectivity index (χ1n) is 7.43. The zero-order valence-corrected chi connectivity index (χ0v) is 13.2. The summed E-state index contributed by atoms with van der Waals surface area (Å²) in [5.74, 6) is -1.39. The molecule has 9 heteroatoms. The Morgan fingerprint density at radius 1 is 1.36 bits per heavy atom. The Kier molecular flexibility index (Phi) is 4.29. The number of amides is 2. The van der Waals surface area contributed by atoms with E-state index in [-0.39, 0.29) is 18.2 Å². The number of anilines is 2. The van der Waals surface area contributed by atoms with E-state index in [1.54, 1.807) is 24.3 Å². The van der Waals surface area contributed by atoms with E-state index in [4.69, 9.17) is 4.74 Å². The summed E-state index contributed by atoms with van der Waals surface area (Å²) in [4.78, 5) is 39.8. The quantitative estimate of drug-likeness (QED) is 0.668. The van der Waals surface area contributed by atoms with Crippen LogP contribution in [0.5, 0.6) is 5.75 Å². The van der Waals surface area contributed by atoms with E-state index in [9.17, 15) is 19.7 Å². The van der Waals surface area contributed by atoms with E-state index in [1.165, 1.54) is 30.2 Å². The number of fused-ring (bicyclic) bond motifs is 1. The number of ether oxygens (including phenoxy) is 1. The van der Waals surface area contributed by atoms with Crippen molar-refractivity contribution in [2.45, 2.75) is 13.0 Å². The van der Waals surface area contributed by atoms with Gasteiger partial charge in [0.2, 0.25) is 11.7 Å². The molecule has 1 N–H and O–H groups in total. The fraction of sp³-hybridized carbons (Fsp3) is 0.188. The lowest BCUT2D eigenvalue weighted by Crippen LogP contribution is -2.47. The highest BCUT2D eigenvalue weighted by molar-refractivity contribution is 6.10. The van der Waals surface area contributed by atoms with Crippen LogP contribution in [0.4, 0.5) is 17.2 Å². The Balaban J connectivity index is 1.84. The SMILES string of the molecule is C[C@@H](Oc1cccnc1[N+](=O)[O-])C(=O)N1CC(=O)Nc2ccccc21. The zero-order valence-electron chi connectivity index (χ0n) is 13.2. The van der Waals surface area contributed by atoms with Gasteiger partial charge in [0.05, 0.1) is 11.4 Å². The second-order valence-corrected chi connectivity index (χ2v) is 5.33. The molecule has 3 rings (SSSR count). The van der Waals surface area contributed by atoms with Gasteiger partial charge in [-0.2, -0.15) is 0 Å². The van der Waals surface area contributed by atoms with E-state index in [2.05, 4.69) is 10.3 Å². The molecule has 0 aliphatic carbocycles. The minimum Gasteiger partial charge on any atom is -0.473 e. The number of aromatic nitrogens is 1. The van der Waals surface area contributed by atoms with Crippen LogP contribution in [0.15, 0.2) is 42.6 Å². The summed E-state index contributed by atoms with van der Waals surface area (Å²) in [5.41, 5.74) is 1.06. The van der Waals surface area contributed by atoms with Crippen molar-refractivity contribution in [2.75, 3.05) is 16.8 Å². The van der Waals surface area contributed by atoms with E-state index >= 15 is 0 Å². The Bertz CT molecular complexity index is 854. The molecule has 0 fully saturated rings. The standard InChI is InChI=1S/C16H14N4O5/c1-10(25-13-7-4-8-17-15(13)20(23)24)16(22)19-9-14(21)18-11-5-2-3-6-12(11)19/h2-8,10H,9H2,1H3,(H,18,21)/t10-/m1/s1. The Hall–Kier alpha value is -3.49. The van der Waals surface area contributed by atoms with Gasteiger partial charge in [0.1, 0.15) is 12.7 Å². The molecule has 1 aliphatic heterocycles. The molecule has 25 heavy (non-hydrogen) atoms. The second-order valence-electron chi connectivity index (χ2n) is 5.33. The maximum Gasteiger partial charge on any atom is 0.406 e. The Morgan fingerprint density at radius 2 is 2.12 bits per heavy atom. The number of carbonyl (C=O) groups is 2. The predicted molar refractivity (Wildman–Crippen MR) is 88.4 cm³/mol. The molecule has 2 amide bonds. The van der Waals surface area contributed by atoms with Crippen LogP contribution in [0.3, 0.4) is 0 Å². The van der Waals surface area contributed by atoms with E-state index in [0.717, 1.165) is 0 Å². The molecule has 2 aromatic rings. The molecular formula is C16H14N4O5. The van der Waals surface area contributed by atoms with Gasteiger partial charge in [-0.05, 0) is 41.1 Å². The minimum absolute atomic E-state index is 0.108. The number of para-hydroxylation sites is 2. The van der Waals surface area contributed by atoms with E-state index < -0.39 is 22.8 Å². The normalized spacial score (nSPS) is 14.3. The van der Waals surface area contributed by atoms with Crippen molar-refractivity contribution in [1.29, 1.82) is 0 Å². The summed E-state index contributed by atoms with van der Waals surface area (Å²) in [6.07, 6.45) is 0.227. The van der Waals surface area contributed by atoms with Crippen LogP contribution in [0.1, 0.15) is 6.92 Å². The Labute approximate surface area is 142 Å². The molecule has 0 bridgehead atoms. The molecule has 0 unspecified atom stereocenters. The lowest BCUT2D eigenvalue weighted by Gasteiger charge is -2.30. The van der Waals surface area contributed by atoms with Gasteiger partial charge >= 0.3 is 5.82 Å². The molecule has 1 aliphatic rings. The maximum absolute atomic E-state index is 12.7. The molecule has 9 nitrogen and oxygen atoms in total. The summed E-state index contributed by atoms with van der Waals surface area (Å²) in [7, 11) is 0. The first-order valence-corrected chi connectivity index (χ1v) is 7.43. The molecule has 1 aromatic carbocycles. The van der Waals surface area contributed by atoms with Crippen molar-refractivity contribution < 1.29 is 19.2 Å². The van der Waals surface area contributed by atoms with Gasteiger partial charge in [-0.25, -0.2) is 0 Å². The van der Waals surface area contributed by atoms with Crippen LogP contribution >= 0.6 is 0 Å². The number of pyridine rings is 1. The van der Waals surface area contributed by atoms with Crippen LogP contribution in [0, 0.1) is 10.1 Å². The highest BCUT2D eigenvalue weighted by Crippen LogP contribution is 2.30. The fourth-order valence-electron chi connectivity index (χ4n) is 2.50. The van der Waals surface area contributed by atoms with E-state index in [0.29, 0.717) is 11.4 Å². The van der Waals surface area contributed by atoms with Gasteiger partial charge in [-0.15, -0.1) is 0 Å². The predicted octanol–water partition coefficient (Wildman–Crippen LogP) is 1.74. The highest BCUT2D eigenvalue weighted by atomic mass is 16.6. The Morgan fingerprint density at radius 3 is 2.88 bits per heavy atom. The maximum atomic E-state index is 12.7. The summed E-state index contributed by atoms with van der Waals surface area (Å²) < 4.78 is 5.44. The first kappa shape index (κ1) is 16.4. The smallest absolute Gasteiger partial charge is 0.406 e. The number of hydrogen-bond donors (Lipinski definition) is 1. The van der Waals surface area contributed by atoms with Gasteiger partial charge in [0, 0.05) is 0 Å². The van der Waals surface area contributed by atoms with Crippen molar-refractivity contribution in [1.82, 2.24) is 4.98 Å². The number of hydrogen-bond acceptors (Lipinski definition) is 6. The van der Waals surface area contributed by atoms with Crippen LogP contribution < -0.4 is 15.0 Å². The van der Waals surface area contributed by atoms with Crippen molar-refractivity contribution in [3.8, 4) is 5.75 Å². The minimum atomic E-state index is -1.04. The van der Waals surface area contributed by atoms with Gasteiger partial charge in [0.25, 0.3) is 5.91 Å². The third-order valence-corrected chi connectivity index (χ3v) is 3.61. The number of nitrogens with one attached hydrogen (secondary N) is 1. The molecule has 2 heterocycles. The first-order chi connectivity index (χ1) is 12.0. The lowest BCUT2D eigenvalue weighted by molar-refractivity contribution is -0.390. The van der Waals surface area contributed by atoms with Crippen LogP contribution in [0.2, 0.25) is 0 Å². The monoisotopic (exact) mass is 342 g/mol. The lowest BCUT2D eigenvalue weighted by atomic mass is 10.1. The molecule has 1 atom stereocenters. The number of nitrogens with zero attached hydrogens (tertiary/aromatic N) is 3. The van der Waals surface area contributed by atoms with Gasteiger partial charge in [-0.3, -0.25) is 14.5 Å². The number of carbonyl (C=O) groups excluding carboxylic acids is 2. The molecular weight excluding hydrogens is 328 g/mol. The van der Waals surface area contributed by atoms with Crippen LogP contribution in [0.25, 0.3) is 0 Å². The van der Waals surface area contributed by atoms with Gasteiger partial charge in [-0.1, -0.05) is 12.1 Å². The van der Waals surface area contributed by atoms with Gasteiger partial charge in [0.15, 0.2) is 6.10 Å². The molecule has 0 spiro atoms. The molecule has 128 valence electrons. The summed E-state index contributed by atoms with van der Waals surface area (Å²) in [5, 5.41) is 13.7. The molecule has 1 aromatic heterocycles. The van der Waals surface area contributed by atoms with Crippen LogP contribution in [-0.2, 0) is 9.59 Å². The fourth-order valence-corrected chi connectivity index (χ4v) is 2.50. The summed E-state index contributed by atoms with van der Waals surface area (Å²) in [6.45, 7) is 1.31. The largest absolute Gasteiger partial charge is 0.473 e. The topological polar surface area (TPSA) is 115 Å². The molecule has 0 saturated heterocycles. The van der Waals surface area contributed by atoms with Crippen molar-refractivity contribution >= 4 is 29.0 Å². The molecule has 0 saturated carbocycles. The average Bonchev–Trinajstić information content (AvgIpc) is 2.60. The second kappa shape index (κ2) is 6.56. The van der Waals surface area contributed by atoms with Crippen LogP contribution in [-0.4, -0.2) is 34.4 Å². The van der Waals surface area contributed by atoms with Crippen molar-refractivity contribution in [3.63, 3.8) is 0 Å². The average molecular weight is 342 g/mol. The number of nitro groups is 1. The number of benzene rings is 1. The third kappa shape index (κ3) is 3.25. The molecule has 0 radical (unpaired) electrons. The number of rotatable bonds is 4. The summed E-state index contributed by atoms with van der Waals surface area (Å²) in [6, 6.07) is 9.71. The zero-order chi connectivity index (χ0) is 18.0. The third-order valence-electron chi connectivity index (χ3n) is 3.61. The van der Waals surface area contributed by atoms with E-state index in [1.807, 2.05) is 0 Å².